The molecule has 1 aromatic rings. The highest BCUT2D eigenvalue weighted by molar-refractivity contribution is 6.20. The van der Waals surface area contributed by atoms with E-state index in [1.807, 2.05) is 0 Å². The third-order valence-electron chi connectivity index (χ3n) is 4.78. The zero-order valence-electron chi connectivity index (χ0n) is 11.1. The van der Waals surface area contributed by atoms with Gasteiger partial charge in [0, 0.05) is 5.38 Å². The van der Waals surface area contributed by atoms with E-state index in [0.29, 0.717) is 5.38 Å². The van der Waals surface area contributed by atoms with Gasteiger partial charge in [0.1, 0.15) is 0 Å². The van der Waals surface area contributed by atoms with Gasteiger partial charge in [0.15, 0.2) is 0 Å². The van der Waals surface area contributed by atoms with Crippen LogP contribution in [0.25, 0.3) is 0 Å². The van der Waals surface area contributed by atoms with Crippen molar-refractivity contribution in [1.82, 2.24) is 0 Å². The summed E-state index contributed by atoms with van der Waals surface area (Å²) in [6, 6.07) is 7.10. The summed E-state index contributed by atoms with van der Waals surface area (Å²) in [5.74, 6) is 0.793. The molecule has 98 valence electrons. The molecule has 1 aromatic carbocycles. The maximum Gasteiger partial charge on any atom is 0.0367 e. The van der Waals surface area contributed by atoms with E-state index in [2.05, 4.69) is 18.2 Å². The number of benzene rings is 1. The number of hydrogen-bond donors (Lipinski definition) is 0. The van der Waals surface area contributed by atoms with Crippen LogP contribution in [0.5, 0.6) is 0 Å². The van der Waals surface area contributed by atoms with Gasteiger partial charge < -0.3 is 0 Å². The maximum absolute atomic E-state index is 6.55. The number of aryl methyl sites for hydroxylation is 3. The first-order valence-corrected chi connectivity index (χ1v) is 8.01. The van der Waals surface area contributed by atoms with E-state index < -0.39 is 0 Å². The first-order valence-electron chi connectivity index (χ1n) is 7.57. The van der Waals surface area contributed by atoms with E-state index >= 15 is 0 Å². The van der Waals surface area contributed by atoms with Crippen LogP contribution in [0.4, 0.5) is 0 Å². The van der Waals surface area contributed by atoms with Gasteiger partial charge in [-0.25, -0.2) is 0 Å². The van der Waals surface area contributed by atoms with E-state index in [4.69, 9.17) is 11.6 Å². The zero-order valence-corrected chi connectivity index (χ0v) is 11.9. The van der Waals surface area contributed by atoms with E-state index in [0.717, 1.165) is 18.8 Å². The van der Waals surface area contributed by atoms with E-state index in [1.54, 1.807) is 11.1 Å². The Hall–Kier alpha value is -0.490. The van der Waals surface area contributed by atoms with Crippen LogP contribution in [-0.4, -0.2) is 5.38 Å². The highest BCUT2D eigenvalue weighted by Gasteiger charge is 2.23. The van der Waals surface area contributed by atoms with Crippen LogP contribution in [0.2, 0.25) is 0 Å². The van der Waals surface area contributed by atoms with Crippen molar-refractivity contribution in [3.63, 3.8) is 0 Å². The van der Waals surface area contributed by atoms with Crippen LogP contribution in [0.3, 0.4) is 0 Å². The van der Waals surface area contributed by atoms with Crippen molar-refractivity contribution in [2.45, 2.75) is 63.2 Å². The summed E-state index contributed by atoms with van der Waals surface area (Å²) < 4.78 is 0. The molecular weight excluding hydrogens is 240 g/mol. The quantitative estimate of drug-likeness (QED) is 0.677. The molecule has 0 bridgehead atoms. The SMILES string of the molecule is ClC(CCc1ccc2c(c1)CCC2)C1CCCC1. The van der Waals surface area contributed by atoms with Gasteiger partial charge in [0.2, 0.25) is 0 Å². The number of halogens is 1. The predicted molar refractivity (Wildman–Crippen MR) is 78.4 cm³/mol. The second-order valence-corrected chi connectivity index (χ2v) is 6.62. The van der Waals surface area contributed by atoms with E-state index in [9.17, 15) is 0 Å². The molecule has 1 saturated carbocycles. The molecule has 1 heteroatoms. The van der Waals surface area contributed by atoms with Crippen molar-refractivity contribution in [2.75, 3.05) is 0 Å². The molecule has 2 aliphatic carbocycles. The van der Waals surface area contributed by atoms with Gasteiger partial charge in [0.05, 0.1) is 0 Å². The average molecular weight is 263 g/mol. The van der Waals surface area contributed by atoms with E-state index in [1.165, 1.54) is 50.5 Å². The molecule has 3 rings (SSSR count). The van der Waals surface area contributed by atoms with Crippen LogP contribution in [0, 0.1) is 5.92 Å². The minimum atomic E-state index is 0.403. The highest BCUT2D eigenvalue weighted by atomic mass is 35.5. The molecule has 18 heavy (non-hydrogen) atoms. The molecule has 0 heterocycles. The summed E-state index contributed by atoms with van der Waals surface area (Å²) in [5, 5.41) is 0.403. The Morgan fingerprint density at radius 1 is 1.06 bits per heavy atom. The van der Waals surface area contributed by atoms with Crippen molar-refractivity contribution in [3.8, 4) is 0 Å². The molecule has 0 spiro atoms. The maximum atomic E-state index is 6.55. The zero-order chi connectivity index (χ0) is 12.4. The first kappa shape index (κ1) is 12.5. The van der Waals surface area contributed by atoms with Crippen LogP contribution in [0.1, 0.15) is 55.2 Å². The molecule has 0 nitrogen and oxygen atoms in total. The fourth-order valence-electron chi connectivity index (χ4n) is 3.64. The Kier molecular flexibility index (Phi) is 3.94. The van der Waals surface area contributed by atoms with Crippen molar-refractivity contribution in [3.05, 3.63) is 34.9 Å². The summed E-state index contributed by atoms with van der Waals surface area (Å²) in [6.45, 7) is 0. The largest absolute Gasteiger partial charge is 0.123 e. The topological polar surface area (TPSA) is 0 Å². The summed E-state index contributed by atoms with van der Waals surface area (Å²) in [4.78, 5) is 0. The predicted octanol–water partition coefficient (Wildman–Crippen LogP) is 4.91. The lowest BCUT2D eigenvalue weighted by atomic mass is 9.96. The highest BCUT2D eigenvalue weighted by Crippen LogP contribution is 2.33. The summed E-state index contributed by atoms with van der Waals surface area (Å²) in [5.41, 5.74) is 4.68. The molecule has 0 N–H and O–H groups in total. The minimum absolute atomic E-state index is 0.403. The molecule has 0 saturated heterocycles. The molecular formula is C17H23Cl. The average Bonchev–Trinajstić information content (AvgIpc) is 3.05. The van der Waals surface area contributed by atoms with Crippen molar-refractivity contribution in [1.29, 1.82) is 0 Å². The van der Waals surface area contributed by atoms with Gasteiger partial charge in [-0.3, -0.25) is 0 Å². The summed E-state index contributed by atoms with van der Waals surface area (Å²) in [7, 11) is 0. The summed E-state index contributed by atoms with van der Waals surface area (Å²) >= 11 is 6.55. The molecule has 0 aromatic heterocycles. The molecule has 1 atom stereocenters. The number of hydrogen-bond acceptors (Lipinski definition) is 0. The minimum Gasteiger partial charge on any atom is -0.123 e. The van der Waals surface area contributed by atoms with Gasteiger partial charge >= 0.3 is 0 Å². The molecule has 0 aliphatic heterocycles. The lowest BCUT2D eigenvalue weighted by molar-refractivity contribution is 0.492. The van der Waals surface area contributed by atoms with Gasteiger partial charge in [0.25, 0.3) is 0 Å². The third-order valence-corrected chi connectivity index (χ3v) is 5.36. The third kappa shape index (κ3) is 2.74. The molecule has 1 unspecified atom stereocenters. The number of alkyl halides is 1. The molecule has 2 aliphatic rings. The van der Waals surface area contributed by atoms with E-state index in [-0.39, 0.29) is 0 Å². The lowest BCUT2D eigenvalue weighted by Gasteiger charge is -2.16. The number of fused-ring (bicyclic) bond motifs is 1. The Morgan fingerprint density at radius 3 is 2.67 bits per heavy atom. The Bertz CT molecular complexity index is 404. The van der Waals surface area contributed by atoms with Gasteiger partial charge in [-0.1, -0.05) is 31.0 Å². The fraction of sp³-hybridized carbons (Fsp3) is 0.647. The lowest BCUT2D eigenvalue weighted by Crippen LogP contribution is -2.12. The van der Waals surface area contributed by atoms with Gasteiger partial charge in [-0.15, -0.1) is 11.6 Å². The second kappa shape index (κ2) is 5.65. The molecule has 0 amide bonds. The Balaban J connectivity index is 1.56. The fourth-order valence-corrected chi connectivity index (χ4v) is 4.00. The normalized spacial score (nSPS) is 21.2. The molecule has 0 radical (unpaired) electrons. The Labute approximate surface area is 116 Å². The van der Waals surface area contributed by atoms with Crippen LogP contribution in [-0.2, 0) is 19.3 Å². The van der Waals surface area contributed by atoms with Crippen LogP contribution >= 0.6 is 11.6 Å². The second-order valence-electron chi connectivity index (χ2n) is 6.06. The van der Waals surface area contributed by atoms with Crippen LogP contribution < -0.4 is 0 Å². The van der Waals surface area contributed by atoms with Gasteiger partial charge in [-0.05, 0) is 67.6 Å². The van der Waals surface area contributed by atoms with Crippen molar-refractivity contribution >= 4 is 11.6 Å². The number of rotatable bonds is 4. The monoisotopic (exact) mass is 262 g/mol. The first-order chi connectivity index (χ1) is 8.83. The molecule has 1 fully saturated rings. The Morgan fingerprint density at radius 2 is 1.83 bits per heavy atom. The van der Waals surface area contributed by atoms with Crippen LogP contribution in [0.15, 0.2) is 18.2 Å². The standard InChI is InChI=1S/C17H23Cl/c18-17(15-4-1-2-5-15)11-9-13-8-10-14-6-3-7-16(14)12-13/h8,10,12,15,17H,1-7,9,11H2. The van der Waals surface area contributed by atoms with Crippen molar-refractivity contribution < 1.29 is 0 Å². The summed E-state index contributed by atoms with van der Waals surface area (Å²) in [6.07, 6.45) is 11.8. The van der Waals surface area contributed by atoms with Gasteiger partial charge in [-0.2, -0.15) is 0 Å². The smallest absolute Gasteiger partial charge is 0.0367 e. The van der Waals surface area contributed by atoms with Crippen molar-refractivity contribution in [2.24, 2.45) is 5.92 Å².